The lowest BCUT2D eigenvalue weighted by atomic mass is 9.91. The van der Waals surface area contributed by atoms with Gasteiger partial charge in [-0.05, 0) is 45.1 Å². The second kappa shape index (κ2) is 11.2. The first kappa shape index (κ1) is 20.8. The highest BCUT2D eigenvalue weighted by Crippen LogP contribution is 2.25. The third-order valence-electron chi connectivity index (χ3n) is 6.92. The van der Waals surface area contributed by atoms with Gasteiger partial charge in [-0.2, -0.15) is 0 Å². The number of hydrogen-bond acceptors (Lipinski definition) is 4. The van der Waals surface area contributed by atoms with E-state index in [0.717, 1.165) is 23.4 Å². The molecule has 3 aliphatic carbocycles. The Morgan fingerprint density at radius 2 is 0.923 bits per heavy atom. The van der Waals surface area contributed by atoms with Gasteiger partial charge in [0.1, 0.15) is 5.79 Å². The van der Waals surface area contributed by atoms with Crippen LogP contribution < -0.4 is 20.9 Å². The highest BCUT2D eigenvalue weighted by molar-refractivity contribution is 6.04. The highest BCUT2D eigenvalue weighted by atomic mass is 28.2. The largest absolute Gasteiger partial charge is 0.345 e. The molecule has 0 atom stereocenters. The average Bonchev–Trinajstić information content (AvgIpc) is 2.69. The van der Waals surface area contributed by atoms with Gasteiger partial charge in [0.25, 0.3) is 0 Å². The van der Waals surface area contributed by atoms with Gasteiger partial charge >= 0.3 is 0 Å². The van der Waals surface area contributed by atoms with E-state index < -0.39 is 0 Å². The Morgan fingerprint density at radius 1 is 0.577 bits per heavy atom. The van der Waals surface area contributed by atoms with Crippen molar-refractivity contribution in [1.29, 1.82) is 0 Å². The third-order valence-corrected chi connectivity index (χ3v) is 7.42. The van der Waals surface area contributed by atoms with Crippen LogP contribution in [0.1, 0.15) is 103 Å². The first-order valence-electron chi connectivity index (χ1n) is 11.8. The Morgan fingerprint density at radius 3 is 1.23 bits per heavy atom. The van der Waals surface area contributed by atoms with Crippen LogP contribution in [-0.2, 0) is 0 Å². The molecule has 0 aromatic rings. The van der Waals surface area contributed by atoms with Crippen molar-refractivity contribution in [3.8, 4) is 0 Å². The molecule has 26 heavy (non-hydrogen) atoms. The number of nitrogens with one attached hydrogen (secondary N) is 4. The molecule has 3 saturated carbocycles. The summed E-state index contributed by atoms with van der Waals surface area (Å²) in [5, 5.41) is 12.5. The molecule has 0 spiro atoms. The molecule has 0 aliphatic heterocycles. The van der Waals surface area contributed by atoms with E-state index in [-0.39, 0.29) is 5.79 Å². The minimum Gasteiger partial charge on any atom is -0.345 e. The monoisotopic (exact) mass is 380 g/mol. The summed E-state index contributed by atoms with van der Waals surface area (Å²) in [6.45, 7) is 1.12. The molecule has 0 radical (unpaired) electrons. The lowest BCUT2D eigenvalue weighted by Crippen LogP contribution is -2.73. The fraction of sp³-hybridized carbons (Fsp3) is 1.00. The number of hydrogen-bond donors (Lipinski definition) is 4. The maximum atomic E-state index is 4.15. The first-order chi connectivity index (χ1) is 12.8. The zero-order valence-electron chi connectivity index (χ0n) is 17.3. The van der Waals surface area contributed by atoms with E-state index in [1.54, 1.807) is 0 Å². The topological polar surface area (TPSA) is 48.1 Å². The Kier molecular flexibility index (Phi) is 8.92. The van der Waals surface area contributed by atoms with E-state index in [1.165, 1.54) is 96.3 Å². The molecule has 0 bridgehead atoms. The van der Waals surface area contributed by atoms with Gasteiger partial charge in [0.05, 0.1) is 10.4 Å². The predicted molar refractivity (Wildman–Crippen MR) is 115 cm³/mol. The Hall–Kier alpha value is 0.0569. The smallest absolute Gasteiger partial charge is 0.125 e. The van der Waals surface area contributed by atoms with Crippen molar-refractivity contribution in [2.45, 2.75) is 127 Å². The standard InChI is InChI=1S/C21H44N4Si/c26-22-17-16-21(23-18-10-4-1-5-11-18,24-19-12-6-2-7-13-19)25-20-14-8-3-9-15-20/h18-20,22-25H,1-17H2,26H3. The predicted octanol–water partition coefficient (Wildman–Crippen LogP) is 2.67. The van der Waals surface area contributed by atoms with Crippen LogP contribution in [0.25, 0.3) is 0 Å². The molecule has 0 aromatic heterocycles. The molecule has 3 fully saturated rings. The van der Waals surface area contributed by atoms with Crippen LogP contribution in [0.15, 0.2) is 0 Å². The van der Waals surface area contributed by atoms with E-state index in [1.807, 2.05) is 0 Å². The summed E-state index contributed by atoms with van der Waals surface area (Å²) < 4.78 is 0. The quantitative estimate of drug-likeness (QED) is 0.367. The summed E-state index contributed by atoms with van der Waals surface area (Å²) in [6.07, 6.45) is 22.0. The molecule has 152 valence electrons. The minimum absolute atomic E-state index is 0.0660. The van der Waals surface area contributed by atoms with Gasteiger partial charge in [0, 0.05) is 24.5 Å². The van der Waals surface area contributed by atoms with E-state index in [4.69, 9.17) is 0 Å². The Labute approximate surface area is 164 Å². The summed E-state index contributed by atoms with van der Waals surface area (Å²) in [4.78, 5) is 3.55. The average molecular weight is 381 g/mol. The molecule has 0 saturated heterocycles. The zero-order chi connectivity index (χ0) is 18.1. The van der Waals surface area contributed by atoms with Crippen molar-refractivity contribution < 1.29 is 0 Å². The van der Waals surface area contributed by atoms with Crippen molar-refractivity contribution in [3.05, 3.63) is 0 Å². The lowest BCUT2D eigenvalue weighted by molar-refractivity contribution is 0.0968. The Bertz CT molecular complexity index is 324. The maximum absolute atomic E-state index is 4.15. The molecule has 3 rings (SSSR count). The Balaban J connectivity index is 1.71. The van der Waals surface area contributed by atoms with Gasteiger partial charge < -0.3 is 4.98 Å². The van der Waals surface area contributed by atoms with E-state index in [9.17, 15) is 0 Å². The molecule has 4 N–H and O–H groups in total. The molecule has 0 aromatic carbocycles. The summed E-state index contributed by atoms with van der Waals surface area (Å²) in [7, 11) is 1.09. The lowest BCUT2D eigenvalue weighted by Gasteiger charge is -2.46. The van der Waals surface area contributed by atoms with Crippen LogP contribution in [0.4, 0.5) is 0 Å². The van der Waals surface area contributed by atoms with Crippen molar-refractivity contribution in [1.82, 2.24) is 20.9 Å². The fourth-order valence-corrected chi connectivity index (χ4v) is 5.69. The van der Waals surface area contributed by atoms with E-state index >= 15 is 0 Å². The molecule has 0 heterocycles. The highest BCUT2D eigenvalue weighted by Gasteiger charge is 2.36. The van der Waals surface area contributed by atoms with Crippen LogP contribution in [0.2, 0.25) is 0 Å². The molecular formula is C21H44N4Si. The summed E-state index contributed by atoms with van der Waals surface area (Å²) in [5.41, 5.74) is 0. The van der Waals surface area contributed by atoms with Crippen molar-refractivity contribution in [2.24, 2.45) is 0 Å². The molecule has 5 heteroatoms. The van der Waals surface area contributed by atoms with Gasteiger partial charge in [-0.1, -0.05) is 57.8 Å². The van der Waals surface area contributed by atoms with Gasteiger partial charge in [-0.15, -0.1) is 0 Å². The molecular weight excluding hydrogens is 336 g/mol. The van der Waals surface area contributed by atoms with Crippen molar-refractivity contribution in [2.75, 3.05) is 6.54 Å². The van der Waals surface area contributed by atoms with Crippen molar-refractivity contribution in [3.63, 3.8) is 0 Å². The minimum atomic E-state index is -0.0660. The van der Waals surface area contributed by atoms with Crippen LogP contribution in [0.5, 0.6) is 0 Å². The van der Waals surface area contributed by atoms with E-state index in [0.29, 0.717) is 18.1 Å². The number of rotatable bonds is 9. The van der Waals surface area contributed by atoms with E-state index in [2.05, 4.69) is 20.9 Å². The normalized spacial score (nSPS) is 24.9. The fourth-order valence-electron chi connectivity index (χ4n) is 5.44. The summed E-state index contributed by atoms with van der Waals surface area (Å²) in [6, 6.07) is 2.06. The van der Waals surface area contributed by atoms with Crippen molar-refractivity contribution >= 4 is 10.4 Å². The van der Waals surface area contributed by atoms with Crippen LogP contribution in [0.3, 0.4) is 0 Å². The van der Waals surface area contributed by atoms with Gasteiger partial charge in [-0.3, -0.25) is 16.0 Å². The van der Waals surface area contributed by atoms with Crippen LogP contribution in [-0.4, -0.2) is 40.9 Å². The van der Waals surface area contributed by atoms with Gasteiger partial charge in [-0.25, -0.2) is 0 Å². The zero-order valence-corrected chi connectivity index (χ0v) is 19.3. The molecule has 4 nitrogen and oxygen atoms in total. The maximum Gasteiger partial charge on any atom is 0.125 e. The van der Waals surface area contributed by atoms with Crippen LogP contribution in [0, 0.1) is 0 Å². The SMILES string of the molecule is [SiH3]NCCC(NC1CCCCC1)(NC1CCCCC1)NC1CCCCC1. The third kappa shape index (κ3) is 6.59. The molecule has 0 amide bonds. The summed E-state index contributed by atoms with van der Waals surface area (Å²) in [5.74, 6) is -0.0660. The second-order valence-corrected chi connectivity index (χ2v) is 9.90. The second-order valence-electron chi connectivity index (χ2n) is 9.20. The summed E-state index contributed by atoms with van der Waals surface area (Å²) >= 11 is 0. The molecule has 0 unspecified atom stereocenters. The van der Waals surface area contributed by atoms with Gasteiger partial charge in [0.15, 0.2) is 0 Å². The molecule has 3 aliphatic rings. The first-order valence-corrected chi connectivity index (χ1v) is 12.8. The van der Waals surface area contributed by atoms with Gasteiger partial charge in [0.2, 0.25) is 0 Å². The van der Waals surface area contributed by atoms with Crippen LogP contribution >= 0.6 is 0 Å².